The fourth-order valence-corrected chi connectivity index (χ4v) is 1.51. The van der Waals surface area contributed by atoms with E-state index in [2.05, 4.69) is 0 Å². The molecule has 4 nitrogen and oxygen atoms in total. The van der Waals surface area contributed by atoms with Crippen molar-refractivity contribution in [1.29, 1.82) is 0 Å². The molecule has 0 aromatic rings. The first kappa shape index (κ1) is 12.5. The average Bonchev–Trinajstić information content (AvgIpc) is 2.14. The first-order valence-electron chi connectivity index (χ1n) is 5.57. The molecule has 1 aliphatic rings. The van der Waals surface area contributed by atoms with Crippen LogP contribution >= 0.6 is 0 Å². The molecule has 0 spiro atoms. The van der Waals surface area contributed by atoms with Crippen LogP contribution in [0.1, 0.15) is 40.0 Å². The summed E-state index contributed by atoms with van der Waals surface area (Å²) in [5.74, 6) is -0.298. The first-order valence-corrected chi connectivity index (χ1v) is 5.57. The third-order valence-electron chi connectivity index (χ3n) is 2.10. The van der Waals surface area contributed by atoms with Crippen LogP contribution in [0, 0.1) is 0 Å². The molecule has 1 aliphatic heterocycles. The van der Waals surface area contributed by atoms with E-state index in [1.54, 1.807) is 0 Å². The molecule has 0 radical (unpaired) electrons. The van der Waals surface area contributed by atoms with Gasteiger partial charge in [-0.15, -0.1) is 0 Å². The van der Waals surface area contributed by atoms with Gasteiger partial charge in [-0.1, -0.05) is 6.42 Å². The summed E-state index contributed by atoms with van der Waals surface area (Å²) >= 11 is 0. The van der Waals surface area contributed by atoms with Crippen molar-refractivity contribution in [3.63, 3.8) is 0 Å². The van der Waals surface area contributed by atoms with Gasteiger partial charge in [0.2, 0.25) is 0 Å². The highest BCUT2D eigenvalue weighted by Gasteiger charge is 2.18. The van der Waals surface area contributed by atoms with Crippen LogP contribution in [0.3, 0.4) is 0 Å². The number of carbonyl (C=O) groups excluding carboxylic acids is 1. The Hall–Kier alpha value is -0.610. The molecule has 1 rings (SSSR count). The van der Waals surface area contributed by atoms with E-state index in [9.17, 15) is 4.79 Å². The third kappa shape index (κ3) is 5.74. The Kier molecular flexibility index (Phi) is 4.54. The highest BCUT2D eigenvalue weighted by molar-refractivity contribution is 5.71. The maximum Gasteiger partial charge on any atom is 0.334 e. The summed E-state index contributed by atoms with van der Waals surface area (Å²) in [5.41, 5.74) is -0.428. The van der Waals surface area contributed by atoms with Crippen LogP contribution < -0.4 is 0 Å². The topological polar surface area (TPSA) is 38.8 Å². The highest BCUT2D eigenvalue weighted by atomic mass is 16.7. The number of hydrogen-bond acceptors (Lipinski definition) is 4. The number of carbonyl (C=O) groups is 1. The first-order chi connectivity index (χ1) is 6.97. The fraction of sp³-hybridized carbons (Fsp3) is 0.909. The van der Waals surface area contributed by atoms with Crippen molar-refractivity contribution in [1.82, 2.24) is 5.06 Å². The zero-order valence-corrected chi connectivity index (χ0v) is 9.91. The quantitative estimate of drug-likeness (QED) is 0.672. The van der Waals surface area contributed by atoms with Crippen molar-refractivity contribution >= 4 is 5.97 Å². The molecule has 4 heteroatoms. The van der Waals surface area contributed by atoms with E-state index in [1.807, 2.05) is 25.8 Å². The van der Waals surface area contributed by atoms with E-state index in [1.165, 1.54) is 6.42 Å². The summed E-state index contributed by atoms with van der Waals surface area (Å²) in [7, 11) is 0. The van der Waals surface area contributed by atoms with Crippen molar-refractivity contribution < 1.29 is 14.4 Å². The summed E-state index contributed by atoms with van der Waals surface area (Å²) < 4.78 is 5.14. The second-order valence-electron chi connectivity index (χ2n) is 4.85. The minimum Gasteiger partial charge on any atom is -0.458 e. The van der Waals surface area contributed by atoms with Gasteiger partial charge in [0.15, 0.2) is 6.61 Å². The van der Waals surface area contributed by atoms with Gasteiger partial charge in [-0.3, -0.25) is 4.84 Å². The molecule has 0 bridgehead atoms. The molecule has 0 aromatic heterocycles. The van der Waals surface area contributed by atoms with Gasteiger partial charge >= 0.3 is 5.97 Å². The molecule has 0 saturated carbocycles. The van der Waals surface area contributed by atoms with Gasteiger partial charge in [-0.25, -0.2) is 4.79 Å². The molecule has 0 N–H and O–H groups in total. The largest absolute Gasteiger partial charge is 0.458 e. The van der Waals surface area contributed by atoms with Gasteiger partial charge in [-0.05, 0) is 33.6 Å². The summed E-state index contributed by atoms with van der Waals surface area (Å²) in [6.07, 6.45) is 3.55. The minimum atomic E-state index is -0.428. The van der Waals surface area contributed by atoms with Gasteiger partial charge in [0.05, 0.1) is 0 Å². The molecule has 0 aromatic carbocycles. The number of rotatable bonds is 3. The SMILES string of the molecule is CC(C)(C)OC(=O)CON1CCCCC1. The Morgan fingerprint density at radius 1 is 1.20 bits per heavy atom. The molecule has 1 heterocycles. The number of nitrogens with zero attached hydrogens (tertiary/aromatic N) is 1. The summed E-state index contributed by atoms with van der Waals surface area (Å²) in [5, 5.41) is 1.85. The fourth-order valence-electron chi connectivity index (χ4n) is 1.51. The molecule has 0 aliphatic carbocycles. The van der Waals surface area contributed by atoms with Crippen molar-refractivity contribution in [3.05, 3.63) is 0 Å². The van der Waals surface area contributed by atoms with Crippen LogP contribution in [0.25, 0.3) is 0 Å². The molecule has 0 unspecified atom stereocenters. The third-order valence-corrected chi connectivity index (χ3v) is 2.10. The number of hydrogen-bond donors (Lipinski definition) is 0. The van der Waals surface area contributed by atoms with Crippen LogP contribution in [-0.2, 0) is 14.4 Å². The highest BCUT2D eigenvalue weighted by Crippen LogP contribution is 2.10. The lowest BCUT2D eigenvalue weighted by atomic mass is 10.2. The van der Waals surface area contributed by atoms with Gasteiger partial charge in [-0.2, -0.15) is 5.06 Å². The Morgan fingerprint density at radius 3 is 2.33 bits per heavy atom. The van der Waals surface area contributed by atoms with E-state index in [0.29, 0.717) is 0 Å². The lowest BCUT2D eigenvalue weighted by molar-refractivity contribution is -0.196. The minimum absolute atomic E-state index is 0.0251. The van der Waals surface area contributed by atoms with Crippen LogP contribution in [0.4, 0.5) is 0 Å². The standard InChI is InChI=1S/C11H21NO3/c1-11(2,3)15-10(13)9-14-12-7-5-4-6-8-12/h4-9H2,1-3H3. The van der Waals surface area contributed by atoms with Gasteiger partial charge in [0.1, 0.15) is 5.60 Å². The number of ether oxygens (including phenoxy) is 1. The Morgan fingerprint density at radius 2 is 1.80 bits per heavy atom. The van der Waals surface area contributed by atoms with Crippen molar-refractivity contribution in [3.8, 4) is 0 Å². The summed E-state index contributed by atoms with van der Waals surface area (Å²) in [6, 6.07) is 0. The van der Waals surface area contributed by atoms with E-state index >= 15 is 0 Å². The molecule has 1 saturated heterocycles. The van der Waals surface area contributed by atoms with E-state index in [0.717, 1.165) is 25.9 Å². The maximum absolute atomic E-state index is 11.3. The van der Waals surface area contributed by atoms with E-state index in [4.69, 9.17) is 9.57 Å². The second kappa shape index (κ2) is 5.47. The Balaban J connectivity index is 2.15. The molecular weight excluding hydrogens is 194 g/mol. The zero-order chi connectivity index (χ0) is 11.3. The van der Waals surface area contributed by atoms with E-state index in [-0.39, 0.29) is 12.6 Å². The lowest BCUT2D eigenvalue weighted by Gasteiger charge is -2.26. The molecule has 0 amide bonds. The monoisotopic (exact) mass is 215 g/mol. The van der Waals surface area contributed by atoms with Crippen LogP contribution in [0.5, 0.6) is 0 Å². The Bertz CT molecular complexity index is 204. The molecule has 15 heavy (non-hydrogen) atoms. The summed E-state index contributed by atoms with van der Waals surface area (Å²) in [6.45, 7) is 7.42. The van der Waals surface area contributed by atoms with E-state index < -0.39 is 5.60 Å². The van der Waals surface area contributed by atoms with Crippen molar-refractivity contribution in [2.75, 3.05) is 19.7 Å². The maximum atomic E-state index is 11.3. The predicted octanol–water partition coefficient (Wildman–Crippen LogP) is 1.75. The molecule has 0 atom stereocenters. The zero-order valence-electron chi connectivity index (χ0n) is 9.91. The molecule has 88 valence electrons. The van der Waals surface area contributed by atoms with Crippen LogP contribution in [-0.4, -0.2) is 36.3 Å². The Labute approximate surface area is 91.5 Å². The van der Waals surface area contributed by atoms with Gasteiger partial charge < -0.3 is 4.74 Å². The van der Waals surface area contributed by atoms with Crippen molar-refractivity contribution in [2.45, 2.75) is 45.6 Å². The van der Waals surface area contributed by atoms with Crippen LogP contribution in [0.15, 0.2) is 0 Å². The van der Waals surface area contributed by atoms with Crippen LogP contribution in [0.2, 0.25) is 0 Å². The second-order valence-corrected chi connectivity index (χ2v) is 4.85. The van der Waals surface area contributed by atoms with Crippen molar-refractivity contribution in [2.24, 2.45) is 0 Å². The number of piperidine rings is 1. The molecule has 1 fully saturated rings. The lowest BCUT2D eigenvalue weighted by Crippen LogP contribution is -2.34. The predicted molar refractivity (Wildman–Crippen MR) is 57.2 cm³/mol. The smallest absolute Gasteiger partial charge is 0.334 e. The summed E-state index contributed by atoms with van der Waals surface area (Å²) in [4.78, 5) is 16.7. The van der Waals surface area contributed by atoms with Gasteiger partial charge in [0.25, 0.3) is 0 Å². The average molecular weight is 215 g/mol. The normalized spacial score (nSPS) is 18.9. The number of esters is 1. The molecular formula is C11H21NO3. The number of hydroxylamine groups is 2. The van der Waals surface area contributed by atoms with Gasteiger partial charge in [0, 0.05) is 13.1 Å².